The van der Waals surface area contributed by atoms with Gasteiger partial charge in [0.1, 0.15) is 17.3 Å². The number of amides is 1. The summed E-state index contributed by atoms with van der Waals surface area (Å²) in [5, 5.41) is 3.01. The van der Waals surface area contributed by atoms with Gasteiger partial charge >= 0.3 is 0 Å². The number of nitrogens with zero attached hydrogens (tertiary/aromatic N) is 1. The van der Waals surface area contributed by atoms with Crippen molar-refractivity contribution >= 4 is 5.91 Å². The van der Waals surface area contributed by atoms with Crippen molar-refractivity contribution in [2.75, 3.05) is 27.2 Å². The van der Waals surface area contributed by atoms with Crippen molar-refractivity contribution in [3.05, 3.63) is 121 Å². The van der Waals surface area contributed by atoms with Crippen molar-refractivity contribution in [3.8, 4) is 11.5 Å². The number of carbonyl (C=O) groups is 1. The molecule has 0 atom stereocenters. The van der Waals surface area contributed by atoms with E-state index in [-0.39, 0.29) is 12.0 Å². The summed E-state index contributed by atoms with van der Waals surface area (Å²) in [7, 11) is 3.91. The number of allylic oxidation sites excluding steroid dienone is 8. The minimum Gasteiger partial charge on any atom is -0.495 e. The largest absolute Gasteiger partial charge is 0.495 e. The van der Waals surface area contributed by atoms with E-state index in [1.807, 2.05) is 81.4 Å². The molecule has 0 bridgehead atoms. The molecule has 6 nitrogen and oxygen atoms in total. The monoisotopic (exact) mass is 616 g/mol. The van der Waals surface area contributed by atoms with Gasteiger partial charge < -0.3 is 24.4 Å². The Morgan fingerprint density at radius 2 is 1.51 bits per heavy atom. The zero-order valence-corrected chi connectivity index (χ0v) is 28.4. The first-order valence-corrected chi connectivity index (χ1v) is 16.0. The summed E-state index contributed by atoms with van der Waals surface area (Å²) >= 11 is 0. The molecule has 1 aromatic carbocycles. The van der Waals surface area contributed by atoms with Gasteiger partial charge in [0, 0.05) is 38.3 Å². The Morgan fingerprint density at radius 1 is 0.867 bits per heavy atom. The predicted molar refractivity (Wildman–Crippen MR) is 190 cm³/mol. The van der Waals surface area contributed by atoms with Crippen LogP contribution in [0.15, 0.2) is 121 Å². The summed E-state index contributed by atoms with van der Waals surface area (Å²) < 4.78 is 17.6. The predicted octanol–water partition coefficient (Wildman–Crippen LogP) is 9.38. The Bertz CT molecular complexity index is 1200. The molecule has 0 aliphatic carbocycles. The number of hydrogen-bond donors (Lipinski definition) is 1. The normalized spacial score (nSPS) is 12.4. The van der Waals surface area contributed by atoms with Crippen LogP contribution in [0.1, 0.15) is 72.1 Å². The van der Waals surface area contributed by atoms with Gasteiger partial charge in [-0.05, 0) is 80.8 Å². The summed E-state index contributed by atoms with van der Waals surface area (Å²) in [4.78, 5) is 14.3. The van der Waals surface area contributed by atoms with Crippen molar-refractivity contribution in [1.29, 1.82) is 0 Å². The smallest absolute Gasteiger partial charge is 0.224 e. The summed E-state index contributed by atoms with van der Waals surface area (Å²) in [6, 6.07) is 7.58. The van der Waals surface area contributed by atoms with E-state index in [4.69, 9.17) is 14.2 Å². The molecule has 0 aliphatic heterocycles. The van der Waals surface area contributed by atoms with Gasteiger partial charge in [-0.1, -0.05) is 77.2 Å². The van der Waals surface area contributed by atoms with E-state index in [9.17, 15) is 4.79 Å². The van der Waals surface area contributed by atoms with E-state index < -0.39 is 0 Å². The molecular weight excluding hydrogens is 560 g/mol. The van der Waals surface area contributed by atoms with Gasteiger partial charge in [-0.25, -0.2) is 0 Å². The number of benzene rings is 1. The lowest BCUT2D eigenvalue weighted by molar-refractivity contribution is -0.120. The third kappa shape index (κ3) is 17.6. The lowest BCUT2D eigenvalue weighted by Gasteiger charge is -2.12. The first kappa shape index (κ1) is 38.8. The van der Waals surface area contributed by atoms with Crippen LogP contribution < -0.4 is 14.8 Å². The summed E-state index contributed by atoms with van der Waals surface area (Å²) in [6.45, 7) is 23.0. The van der Waals surface area contributed by atoms with E-state index >= 15 is 0 Å². The fourth-order valence-corrected chi connectivity index (χ4v) is 4.20. The van der Waals surface area contributed by atoms with Crippen LogP contribution >= 0.6 is 0 Å². The molecule has 0 saturated heterocycles. The number of hydrogen-bond acceptors (Lipinski definition) is 5. The quantitative estimate of drug-likeness (QED) is 0.0712. The van der Waals surface area contributed by atoms with Crippen LogP contribution in [-0.2, 0) is 9.53 Å². The fraction of sp³-hybridized carbons (Fsp3) is 0.410. The first-order chi connectivity index (χ1) is 21.6. The highest BCUT2D eigenvalue weighted by Crippen LogP contribution is 2.22. The highest BCUT2D eigenvalue weighted by Gasteiger charge is 2.05. The summed E-state index contributed by atoms with van der Waals surface area (Å²) in [5.74, 6) is 2.94. The number of likely N-dealkylation sites (N-methyl/N-ethyl adjacent to an activating group) is 1. The molecule has 0 aromatic heterocycles. The first-order valence-electron chi connectivity index (χ1n) is 16.0. The topological polar surface area (TPSA) is 60.0 Å². The minimum absolute atomic E-state index is 0.0191. The molecule has 1 amide bonds. The molecule has 45 heavy (non-hydrogen) atoms. The van der Waals surface area contributed by atoms with E-state index in [0.717, 1.165) is 73.3 Å². The molecular formula is C39H56N2O4. The maximum absolute atomic E-state index is 12.3. The lowest BCUT2D eigenvalue weighted by atomic mass is 10.1. The molecule has 0 heterocycles. The van der Waals surface area contributed by atoms with Gasteiger partial charge in [0.05, 0.1) is 24.9 Å². The highest BCUT2D eigenvalue weighted by atomic mass is 16.5. The average Bonchev–Trinajstić information content (AvgIpc) is 3.01. The van der Waals surface area contributed by atoms with E-state index in [1.165, 1.54) is 0 Å². The Hall–Kier alpha value is -4.19. The van der Waals surface area contributed by atoms with E-state index in [1.54, 1.807) is 18.2 Å². The molecule has 0 radical (unpaired) electrons. The van der Waals surface area contributed by atoms with Crippen LogP contribution in [0.25, 0.3) is 0 Å². The number of rotatable bonds is 24. The Labute approximate surface area is 273 Å². The molecule has 0 aliphatic rings. The highest BCUT2D eigenvalue weighted by molar-refractivity contribution is 5.79. The Morgan fingerprint density at radius 3 is 2.09 bits per heavy atom. The zero-order chi connectivity index (χ0) is 33.5. The number of unbranched alkanes of at least 4 members (excludes halogenated alkanes) is 5. The van der Waals surface area contributed by atoms with Crippen molar-refractivity contribution in [1.82, 2.24) is 10.2 Å². The molecule has 6 heteroatoms. The van der Waals surface area contributed by atoms with Crippen molar-refractivity contribution in [2.24, 2.45) is 0 Å². The van der Waals surface area contributed by atoms with E-state index in [0.29, 0.717) is 31.1 Å². The SMILES string of the molecule is C=C/C(=C\C=C(/C=C)N(C)C)CC(=O)NCCCCCCCCOc1ccc(OC(=C)/C(C=C)=C/C=C(\CC)OC(C)C)cc1. The molecule has 0 fully saturated rings. The lowest BCUT2D eigenvalue weighted by Crippen LogP contribution is -2.24. The number of nitrogens with one attached hydrogen (secondary N) is 1. The third-order valence-electron chi connectivity index (χ3n) is 6.77. The molecule has 0 saturated carbocycles. The minimum atomic E-state index is 0.0191. The van der Waals surface area contributed by atoms with Gasteiger partial charge in [-0.3, -0.25) is 4.79 Å². The molecule has 1 rings (SSSR count). The third-order valence-corrected chi connectivity index (χ3v) is 6.77. The second-order valence-corrected chi connectivity index (χ2v) is 11.1. The Balaban J connectivity index is 2.27. The van der Waals surface area contributed by atoms with Crippen molar-refractivity contribution in [3.63, 3.8) is 0 Å². The van der Waals surface area contributed by atoms with Crippen LogP contribution in [0, 0.1) is 0 Å². The maximum atomic E-state index is 12.3. The molecule has 0 unspecified atom stereocenters. The average molecular weight is 617 g/mol. The van der Waals surface area contributed by atoms with Gasteiger partial charge in [0.2, 0.25) is 5.91 Å². The number of carbonyl (C=O) groups excluding carboxylic acids is 1. The van der Waals surface area contributed by atoms with Crippen LogP contribution in [-0.4, -0.2) is 44.2 Å². The number of ether oxygens (including phenoxy) is 3. The summed E-state index contributed by atoms with van der Waals surface area (Å²) in [6.07, 6.45) is 20.7. The molecule has 0 spiro atoms. The zero-order valence-electron chi connectivity index (χ0n) is 28.4. The van der Waals surface area contributed by atoms with Crippen LogP contribution in [0.3, 0.4) is 0 Å². The van der Waals surface area contributed by atoms with E-state index in [2.05, 4.69) is 38.6 Å². The van der Waals surface area contributed by atoms with Crippen molar-refractivity contribution < 1.29 is 19.0 Å². The van der Waals surface area contributed by atoms with Gasteiger partial charge in [-0.15, -0.1) is 0 Å². The van der Waals surface area contributed by atoms with Crippen LogP contribution in [0.4, 0.5) is 0 Å². The van der Waals surface area contributed by atoms with Crippen LogP contribution in [0.5, 0.6) is 11.5 Å². The van der Waals surface area contributed by atoms with Gasteiger partial charge in [-0.2, -0.15) is 0 Å². The summed E-state index contributed by atoms with van der Waals surface area (Å²) in [5.41, 5.74) is 2.64. The molecule has 1 N–H and O–H groups in total. The molecule has 1 aromatic rings. The van der Waals surface area contributed by atoms with Crippen LogP contribution in [0.2, 0.25) is 0 Å². The second-order valence-electron chi connectivity index (χ2n) is 11.1. The standard InChI is InChI=1S/C39H56N2O4/c1-10-33(20-22-35(12-3)41(8)9)30-39(42)40-28-18-16-14-15-17-19-29-43-37-24-26-38(27-25-37)45-32(7)34(11-2)21-23-36(13-4)44-31(5)6/h10-12,20-27,31H,1-3,7,13-19,28-30H2,4-6,8-9H3,(H,40,42)/b33-20+,34-21+,35-22+,36-23+. The molecule has 246 valence electrons. The second kappa shape index (κ2) is 23.2. The van der Waals surface area contributed by atoms with Crippen molar-refractivity contribution in [2.45, 2.75) is 78.2 Å². The van der Waals surface area contributed by atoms with Gasteiger partial charge in [0.25, 0.3) is 0 Å². The maximum Gasteiger partial charge on any atom is 0.224 e. The Kier molecular flexibility index (Phi) is 20.0. The van der Waals surface area contributed by atoms with Gasteiger partial charge in [0.15, 0.2) is 0 Å². The fourth-order valence-electron chi connectivity index (χ4n) is 4.20.